The van der Waals surface area contributed by atoms with E-state index in [-0.39, 0.29) is 18.1 Å². The van der Waals surface area contributed by atoms with Gasteiger partial charge in [0.25, 0.3) is 0 Å². The van der Waals surface area contributed by atoms with E-state index in [0.29, 0.717) is 13.2 Å². The van der Waals surface area contributed by atoms with Gasteiger partial charge in [-0.1, -0.05) is 31.2 Å². The van der Waals surface area contributed by atoms with Gasteiger partial charge >= 0.3 is 0 Å². The number of ether oxygens (including phenoxy) is 1. The molecule has 2 heterocycles. The van der Waals surface area contributed by atoms with E-state index in [1.165, 1.54) is 37.1 Å². The first-order valence-electron chi connectivity index (χ1n) is 9.55. The van der Waals surface area contributed by atoms with Crippen LogP contribution in [0.3, 0.4) is 0 Å². The van der Waals surface area contributed by atoms with Gasteiger partial charge in [-0.25, -0.2) is 0 Å². The molecule has 25 heavy (non-hydrogen) atoms. The Morgan fingerprint density at radius 1 is 1.32 bits per heavy atom. The van der Waals surface area contributed by atoms with Crippen molar-refractivity contribution in [3.63, 3.8) is 0 Å². The molecule has 5 nitrogen and oxygen atoms in total. The third-order valence-corrected chi connectivity index (χ3v) is 5.31. The third-order valence-electron chi connectivity index (χ3n) is 5.31. The molecule has 3 rings (SSSR count). The summed E-state index contributed by atoms with van der Waals surface area (Å²) in [5.74, 6) is 0.799. The quantitative estimate of drug-likeness (QED) is 0.856. The highest BCUT2D eigenvalue weighted by Crippen LogP contribution is 2.19. The SMILES string of the molecule is CC1CCCN(Cc2ccccc2CNC(=O)[C@H]2NCCO[C@@H]2C)C1. The van der Waals surface area contributed by atoms with Crippen LogP contribution in [0.1, 0.15) is 37.8 Å². The minimum atomic E-state index is -0.260. The minimum absolute atomic E-state index is 0.0218. The Kier molecular flexibility index (Phi) is 6.45. The Hall–Kier alpha value is -1.43. The van der Waals surface area contributed by atoms with Crippen LogP contribution in [0.4, 0.5) is 0 Å². The van der Waals surface area contributed by atoms with Gasteiger partial charge < -0.3 is 15.4 Å². The Bertz CT molecular complexity index is 578. The molecule has 2 saturated heterocycles. The van der Waals surface area contributed by atoms with Crippen LogP contribution in [0.25, 0.3) is 0 Å². The molecule has 0 aliphatic carbocycles. The van der Waals surface area contributed by atoms with E-state index in [2.05, 4.69) is 46.7 Å². The first-order chi connectivity index (χ1) is 12.1. The largest absolute Gasteiger partial charge is 0.375 e. The summed E-state index contributed by atoms with van der Waals surface area (Å²) in [5.41, 5.74) is 2.52. The van der Waals surface area contributed by atoms with Crippen molar-refractivity contribution in [2.45, 2.75) is 51.9 Å². The summed E-state index contributed by atoms with van der Waals surface area (Å²) in [6.45, 7) is 9.56. The fourth-order valence-corrected chi connectivity index (χ4v) is 3.88. The van der Waals surface area contributed by atoms with Crippen molar-refractivity contribution in [1.29, 1.82) is 0 Å². The van der Waals surface area contributed by atoms with Crippen LogP contribution in [0.2, 0.25) is 0 Å². The smallest absolute Gasteiger partial charge is 0.240 e. The second-order valence-corrected chi connectivity index (χ2v) is 7.48. The molecule has 1 amide bonds. The van der Waals surface area contributed by atoms with Crippen molar-refractivity contribution >= 4 is 5.91 Å². The van der Waals surface area contributed by atoms with Gasteiger partial charge in [0.15, 0.2) is 0 Å². The number of hydrogen-bond acceptors (Lipinski definition) is 4. The lowest BCUT2D eigenvalue weighted by Gasteiger charge is -2.31. The molecule has 0 radical (unpaired) electrons. The molecule has 1 unspecified atom stereocenters. The number of nitrogens with zero attached hydrogens (tertiary/aromatic N) is 1. The van der Waals surface area contributed by atoms with Crippen LogP contribution < -0.4 is 10.6 Å². The van der Waals surface area contributed by atoms with Gasteiger partial charge in [-0.2, -0.15) is 0 Å². The number of likely N-dealkylation sites (tertiary alicyclic amines) is 1. The van der Waals surface area contributed by atoms with Crippen LogP contribution in [0.15, 0.2) is 24.3 Å². The van der Waals surface area contributed by atoms with E-state index >= 15 is 0 Å². The summed E-state index contributed by atoms with van der Waals surface area (Å²) >= 11 is 0. The summed E-state index contributed by atoms with van der Waals surface area (Å²) in [4.78, 5) is 15.0. The molecule has 0 bridgehead atoms. The number of hydrogen-bond donors (Lipinski definition) is 2. The summed E-state index contributed by atoms with van der Waals surface area (Å²) in [7, 11) is 0. The number of piperidine rings is 1. The lowest BCUT2D eigenvalue weighted by molar-refractivity contribution is -0.129. The first-order valence-corrected chi connectivity index (χ1v) is 9.55. The van der Waals surface area contributed by atoms with E-state index < -0.39 is 0 Å². The zero-order valence-electron chi connectivity index (χ0n) is 15.5. The Labute approximate surface area is 151 Å². The van der Waals surface area contributed by atoms with Gasteiger partial charge in [0.05, 0.1) is 12.7 Å². The molecule has 2 N–H and O–H groups in total. The molecular weight excluding hydrogens is 314 g/mol. The van der Waals surface area contributed by atoms with Crippen molar-refractivity contribution in [2.24, 2.45) is 5.92 Å². The van der Waals surface area contributed by atoms with Gasteiger partial charge in [-0.3, -0.25) is 9.69 Å². The normalized spacial score (nSPS) is 27.8. The number of carbonyl (C=O) groups is 1. The summed E-state index contributed by atoms with van der Waals surface area (Å²) in [5, 5.41) is 6.33. The average molecular weight is 345 g/mol. The van der Waals surface area contributed by atoms with E-state index in [0.717, 1.165) is 19.0 Å². The molecule has 138 valence electrons. The zero-order chi connectivity index (χ0) is 17.6. The van der Waals surface area contributed by atoms with Crippen LogP contribution in [0, 0.1) is 5.92 Å². The maximum Gasteiger partial charge on any atom is 0.240 e. The molecule has 2 fully saturated rings. The predicted molar refractivity (Wildman–Crippen MR) is 99.2 cm³/mol. The van der Waals surface area contributed by atoms with Crippen molar-refractivity contribution < 1.29 is 9.53 Å². The number of amides is 1. The molecular formula is C20H31N3O2. The fourth-order valence-electron chi connectivity index (χ4n) is 3.88. The van der Waals surface area contributed by atoms with Crippen LogP contribution in [-0.4, -0.2) is 49.2 Å². The number of benzene rings is 1. The van der Waals surface area contributed by atoms with Gasteiger partial charge in [0, 0.05) is 26.2 Å². The molecule has 0 spiro atoms. The number of carbonyl (C=O) groups excluding carboxylic acids is 1. The maximum absolute atomic E-state index is 12.5. The van der Waals surface area contributed by atoms with Crippen LogP contribution >= 0.6 is 0 Å². The highest BCUT2D eigenvalue weighted by Gasteiger charge is 2.28. The van der Waals surface area contributed by atoms with E-state index in [1.54, 1.807) is 0 Å². The lowest BCUT2D eigenvalue weighted by Crippen LogP contribution is -2.55. The average Bonchev–Trinajstić information content (AvgIpc) is 2.61. The van der Waals surface area contributed by atoms with Crippen molar-refractivity contribution in [1.82, 2.24) is 15.5 Å². The van der Waals surface area contributed by atoms with Gasteiger partial charge in [-0.15, -0.1) is 0 Å². The monoisotopic (exact) mass is 345 g/mol. The molecule has 5 heteroatoms. The third kappa shape index (κ3) is 5.03. The maximum atomic E-state index is 12.5. The van der Waals surface area contributed by atoms with Gasteiger partial charge in [-0.05, 0) is 43.4 Å². The molecule has 2 aliphatic rings. The van der Waals surface area contributed by atoms with Gasteiger partial charge in [0.2, 0.25) is 5.91 Å². The standard InChI is InChI=1S/C20H31N3O2/c1-15-6-5-10-23(13-15)14-18-8-4-3-7-17(18)12-22-20(24)19-16(2)25-11-9-21-19/h3-4,7-8,15-16,19,21H,5-6,9-14H2,1-2H3,(H,22,24)/t15?,16-,19+/m1/s1. The summed E-state index contributed by atoms with van der Waals surface area (Å²) in [6.07, 6.45) is 2.53. The highest BCUT2D eigenvalue weighted by molar-refractivity contribution is 5.82. The molecule has 1 aromatic carbocycles. The Morgan fingerprint density at radius 2 is 2.12 bits per heavy atom. The molecule has 0 saturated carbocycles. The molecule has 3 atom stereocenters. The Balaban J connectivity index is 1.58. The summed E-state index contributed by atoms with van der Waals surface area (Å²) in [6, 6.07) is 8.19. The second-order valence-electron chi connectivity index (χ2n) is 7.48. The molecule has 2 aliphatic heterocycles. The molecule has 1 aromatic rings. The number of morpholine rings is 1. The topological polar surface area (TPSA) is 53.6 Å². The van der Waals surface area contributed by atoms with Crippen molar-refractivity contribution in [2.75, 3.05) is 26.2 Å². The second kappa shape index (κ2) is 8.79. The van der Waals surface area contributed by atoms with Crippen LogP contribution in [0.5, 0.6) is 0 Å². The Morgan fingerprint density at radius 3 is 2.88 bits per heavy atom. The molecule has 0 aromatic heterocycles. The predicted octanol–water partition coefficient (Wildman–Crippen LogP) is 1.91. The van der Waals surface area contributed by atoms with E-state index in [1.807, 2.05) is 6.92 Å². The van der Waals surface area contributed by atoms with E-state index in [9.17, 15) is 4.79 Å². The minimum Gasteiger partial charge on any atom is -0.375 e. The summed E-state index contributed by atoms with van der Waals surface area (Å²) < 4.78 is 5.57. The highest BCUT2D eigenvalue weighted by atomic mass is 16.5. The fraction of sp³-hybridized carbons (Fsp3) is 0.650. The van der Waals surface area contributed by atoms with Crippen molar-refractivity contribution in [3.8, 4) is 0 Å². The number of rotatable bonds is 5. The first kappa shape index (κ1) is 18.4. The lowest BCUT2D eigenvalue weighted by atomic mass is 9.99. The van der Waals surface area contributed by atoms with Gasteiger partial charge in [0.1, 0.15) is 6.04 Å². The number of nitrogens with one attached hydrogen (secondary N) is 2. The van der Waals surface area contributed by atoms with E-state index in [4.69, 9.17) is 4.74 Å². The van der Waals surface area contributed by atoms with Crippen molar-refractivity contribution in [3.05, 3.63) is 35.4 Å². The van der Waals surface area contributed by atoms with Crippen LogP contribution in [-0.2, 0) is 22.6 Å². The zero-order valence-corrected chi connectivity index (χ0v) is 15.5.